The van der Waals surface area contributed by atoms with Crippen LogP contribution in [0, 0.1) is 5.82 Å². The summed E-state index contributed by atoms with van der Waals surface area (Å²) in [6.45, 7) is -0.362. The van der Waals surface area contributed by atoms with Crippen LogP contribution < -0.4 is 10.1 Å². The molecule has 0 heterocycles. The SMILES string of the molecule is CS(=O)(=O)c1ccc(F)c(NC(=O)COc2ccc3ccccc3c2Br)c1. The van der Waals surface area contributed by atoms with Crippen molar-refractivity contribution in [2.75, 3.05) is 18.2 Å². The Morgan fingerprint density at radius 2 is 1.89 bits per heavy atom. The predicted molar refractivity (Wildman–Crippen MR) is 105 cm³/mol. The predicted octanol–water partition coefficient (Wildman–Crippen LogP) is 4.16. The van der Waals surface area contributed by atoms with Crippen molar-refractivity contribution in [2.45, 2.75) is 4.90 Å². The second-order valence-electron chi connectivity index (χ2n) is 5.85. The molecule has 1 N–H and O–H groups in total. The number of anilines is 1. The fourth-order valence-corrected chi connectivity index (χ4v) is 3.74. The molecule has 3 aromatic rings. The number of rotatable bonds is 5. The minimum absolute atomic E-state index is 0.0857. The maximum atomic E-state index is 13.9. The molecule has 0 aliphatic carbocycles. The third-order valence-electron chi connectivity index (χ3n) is 3.83. The lowest BCUT2D eigenvalue weighted by Gasteiger charge is -2.11. The zero-order valence-electron chi connectivity index (χ0n) is 14.2. The number of carbonyl (C=O) groups excluding carboxylic acids is 1. The van der Waals surface area contributed by atoms with Crippen LogP contribution in [0.2, 0.25) is 0 Å². The molecular weight excluding hydrogens is 437 g/mol. The Kier molecular flexibility index (Phi) is 5.48. The van der Waals surface area contributed by atoms with E-state index in [1.54, 1.807) is 6.07 Å². The highest BCUT2D eigenvalue weighted by Crippen LogP contribution is 2.33. The van der Waals surface area contributed by atoms with Crippen molar-refractivity contribution in [2.24, 2.45) is 0 Å². The van der Waals surface area contributed by atoms with Crippen LogP contribution in [-0.2, 0) is 14.6 Å². The summed E-state index contributed by atoms with van der Waals surface area (Å²) in [6.07, 6.45) is 1.01. The van der Waals surface area contributed by atoms with E-state index < -0.39 is 21.6 Å². The van der Waals surface area contributed by atoms with E-state index in [0.29, 0.717) is 10.2 Å². The first-order valence-electron chi connectivity index (χ1n) is 7.85. The number of hydrogen-bond acceptors (Lipinski definition) is 4. The van der Waals surface area contributed by atoms with Crippen LogP contribution in [0.4, 0.5) is 10.1 Å². The Morgan fingerprint density at radius 1 is 1.15 bits per heavy atom. The number of halogens is 2. The molecule has 0 saturated heterocycles. The zero-order valence-corrected chi connectivity index (χ0v) is 16.6. The minimum atomic E-state index is -3.51. The smallest absolute Gasteiger partial charge is 0.262 e. The van der Waals surface area contributed by atoms with Gasteiger partial charge in [-0.3, -0.25) is 4.79 Å². The van der Waals surface area contributed by atoms with E-state index in [1.165, 1.54) is 0 Å². The summed E-state index contributed by atoms with van der Waals surface area (Å²) in [6, 6.07) is 14.5. The van der Waals surface area contributed by atoms with Gasteiger partial charge in [-0.1, -0.05) is 30.3 Å². The van der Waals surface area contributed by atoms with Crippen LogP contribution in [0.5, 0.6) is 5.75 Å². The summed E-state index contributed by atoms with van der Waals surface area (Å²) in [7, 11) is -3.51. The third kappa shape index (κ3) is 4.45. The van der Waals surface area contributed by atoms with Crippen LogP contribution in [0.15, 0.2) is 64.0 Å². The van der Waals surface area contributed by atoms with Gasteiger partial charge in [0.1, 0.15) is 11.6 Å². The third-order valence-corrected chi connectivity index (χ3v) is 5.75. The molecule has 0 radical (unpaired) electrons. The Hall–Kier alpha value is -2.45. The molecule has 0 aliphatic rings. The molecule has 0 atom stereocenters. The van der Waals surface area contributed by atoms with Gasteiger partial charge in [-0.2, -0.15) is 0 Å². The van der Waals surface area contributed by atoms with Gasteiger partial charge in [-0.25, -0.2) is 12.8 Å². The van der Waals surface area contributed by atoms with Crippen LogP contribution in [0.25, 0.3) is 10.8 Å². The standard InChI is InChI=1S/C19H15BrFNO4S/c1-27(24,25)13-7-8-15(21)16(10-13)22-18(23)11-26-17-9-6-12-4-2-3-5-14(12)19(17)20/h2-10H,11H2,1H3,(H,22,23). The van der Waals surface area contributed by atoms with Crippen LogP contribution >= 0.6 is 15.9 Å². The van der Waals surface area contributed by atoms with Crippen molar-refractivity contribution in [3.63, 3.8) is 0 Å². The Morgan fingerprint density at radius 3 is 2.63 bits per heavy atom. The lowest BCUT2D eigenvalue weighted by molar-refractivity contribution is -0.118. The number of fused-ring (bicyclic) bond motifs is 1. The van der Waals surface area contributed by atoms with Crippen LogP contribution in [0.3, 0.4) is 0 Å². The molecular formula is C19H15BrFNO4S. The number of amides is 1. The Bertz CT molecular complexity index is 1130. The molecule has 0 aliphatic heterocycles. The highest BCUT2D eigenvalue weighted by Gasteiger charge is 2.14. The van der Waals surface area contributed by atoms with Gasteiger partial charge in [0.05, 0.1) is 15.1 Å². The van der Waals surface area contributed by atoms with E-state index in [-0.39, 0.29) is 17.2 Å². The molecule has 0 unspecified atom stereocenters. The number of ether oxygens (including phenoxy) is 1. The Labute approximate surface area is 164 Å². The van der Waals surface area contributed by atoms with Gasteiger partial charge in [-0.05, 0) is 51.0 Å². The lowest BCUT2D eigenvalue weighted by Crippen LogP contribution is -2.21. The summed E-state index contributed by atoms with van der Waals surface area (Å²) in [4.78, 5) is 12.0. The fraction of sp³-hybridized carbons (Fsp3) is 0.105. The molecule has 0 bridgehead atoms. The number of hydrogen-bond donors (Lipinski definition) is 1. The number of sulfone groups is 1. The van der Waals surface area contributed by atoms with Gasteiger partial charge in [0.25, 0.3) is 5.91 Å². The van der Waals surface area contributed by atoms with E-state index in [0.717, 1.165) is 35.2 Å². The molecule has 3 rings (SSSR count). The molecule has 5 nitrogen and oxygen atoms in total. The van der Waals surface area contributed by atoms with Gasteiger partial charge >= 0.3 is 0 Å². The van der Waals surface area contributed by atoms with E-state index in [1.807, 2.05) is 30.3 Å². The van der Waals surface area contributed by atoms with Crippen molar-refractivity contribution < 1.29 is 22.3 Å². The second-order valence-corrected chi connectivity index (χ2v) is 8.66. The number of benzene rings is 3. The van der Waals surface area contributed by atoms with Crippen molar-refractivity contribution in [1.82, 2.24) is 0 Å². The Balaban J connectivity index is 1.73. The van der Waals surface area contributed by atoms with Crippen molar-refractivity contribution in [1.29, 1.82) is 0 Å². The van der Waals surface area contributed by atoms with E-state index in [4.69, 9.17) is 4.74 Å². The highest BCUT2D eigenvalue weighted by molar-refractivity contribution is 9.10. The quantitative estimate of drug-likeness (QED) is 0.591. The normalized spacial score (nSPS) is 11.4. The first-order valence-corrected chi connectivity index (χ1v) is 10.5. The van der Waals surface area contributed by atoms with Crippen molar-refractivity contribution >= 4 is 48.1 Å². The number of carbonyl (C=O) groups is 1. The first-order chi connectivity index (χ1) is 12.8. The van der Waals surface area contributed by atoms with Gasteiger partial charge in [0.15, 0.2) is 16.4 Å². The highest BCUT2D eigenvalue weighted by atomic mass is 79.9. The second kappa shape index (κ2) is 7.66. The van der Waals surface area contributed by atoms with Gasteiger partial charge < -0.3 is 10.1 Å². The summed E-state index contributed by atoms with van der Waals surface area (Å²) < 4.78 is 43.2. The zero-order chi connectivity index (χ0) is 19.6. The molecule has 0 fully saturated rings. The molecule has 1 amide bonds. The fourth-order valence-electron chi connectivity index (χ4n) is 2.49. The first kappa shape index (κ1) is 19.3. The van der Waals surface area contributed by atoms with Gasteiger partial charge in [0, 0.05) is 6.26 Å². The largest absolute Gasteiger partial charge is 0.483 e. The molecule has 8 heteroatoms. The maximum Gasteiger partial charge on any atom is 0.262 e. The van der Waals surface area contributed by atoms with E-state index in [9.17, 15) is 17.6 Å². The molecule has 140 valence electrons. The van der Waals surface area contributed by atoms with Crippen molar-refractivity contribution in [3.05, 3.63) is 64.9 Å². The molecule has 0 saturated carbocycles. The molecule has 0 aromatic heterocycles. The van der Waals surface area contributed by atoms with Gasteiger partial charge in [0.2, 0.25) is 0 Å². The van der Waals surface area contributed by atoms with Crippen LogP contribution in [-0.4, -0.2) is 27.2 Å². The maximum absolute atomic E-state index is 13.9. The monoisotopic (exact) mass is 451 g/mol. The summed E-state index contributed by atoms with van der Waals surface area (Å²) in [5, 5.41) is 4.28. The average Bonchev–Trinajstić information content (AvgIpc) is 2.62. The number of nitrogens with one attached hydrogen (secondary N) is 1. The summed E-state index contributed by atoms with van der Waals surface area (Å²) in [5.74, 6) is -0.878. The van der Waals surface area contributed by atoms with Crippen LogP contribution in [0.1, 0.15) is 0 Å². The average molecular weight is 452 g/mol. The minimum Gasteiger partial charge on any atom is -0.483 e. The molecule has 0 spiro atoms. The summed E-state index contributed by atoms with van der Waals surface area (Å²) in [5.41, 5.74) is -0.218. The molecule has 27 heavy (non-hydrogen) atoms. The van der Waals surface area contributed by atoms with Gasteiger partial charge in [-0.15, -0.1) is 0 Å². The molecule has 3 aromatic carbocycles. The van der Waals surface area contributed by atoms with Crippen molar-refractivity contribution in [3.8, 4) is 5.75 Å². The lowest BCUT2D eigenvalue weighted by atomic mass is 10.1. The summed E-state index contributed by atoms with van der Waals surface area (Å²) >= 11 is 3.46. The van der Waals surface area contributed by atoms with E-state index >= 15 is 0 Å². The topological polar surface area (TPSA) is 72.5 Å². The van der Waals surface area contributed by atoms with E-state index in [2.05, 4.69) is 21.2 Å².